The second-order valence-corrected chi connectivity index (χ2v) is 2.65. The second-order valence-electron chi connectivity index (χ2n) is 2.31. The van der Waals surface area contributed by atoms with Gasteiger partial charge in [0.05, 0.1) is 6.61 Å². The highest BCUT2D eigenvalue weighted by atomic mass is 35.5. The van der Waals surface area contributed by atoms with Gasteiger partial charge in [-0.2, -0.15) is 15.0 Å². The van der Waals surface area contributed by atoms with E-state index in [1.807, 2.05) is 6.92 Å². The summed E-state index contributed by atoms with van der Waals surface area (Å²) < 4.78 is 4.99. The fourth-order valence-electron chi connectivity index (χ4n) is 0.771. The van der Waals surface area contributed by atoms with Crippen LogP contribution in [0.2, 0.25) is 5.28 Å². The van der Waals surface area contributed by atoms with E-state index in [2.05, 4.69) is 20.3 Å². The zero-order chi connectivity index (χ0) is 10.4. The summed E-state index contributed by atoms with van der Waals surface area (Å²) in [5, 5.41) is 11.5. The Hall–Kier alpha value is -1.14. The fraction of sp³-hybridized carbons (Fsp3) is 0.571. The lowest BCUT2D eigenvalue weighted by Crippen LogP contribution is -2.08. The van der Waals surface area contributed by atoms with E-state index in [1.54, 1.807) is 0 Å². The first-order valence-electron chi connectivity index (χ1n) is 4.15. The predicted molar refractivity (Wildman–Crippen MR) is 51.6 cm³/mol. The van der Waals surface area contributed by atoms with Crippen LogP contribution < -0.4 is 10.1 Å². The molecular formula is C7H11ClN4O2. The fourth-order valence-corrected chi connectivity index (χ4v) is 0.923. The molecule has 14 heavy (non-hydrogen) atoms. The van der Waals surface area contributed by atoms with Crippen molar-refractivity contribution in [2.75, 3.05) is 25.1 Å². The Morgan fingerprint density at radius 1 is 1.43 bits per heavy atom. The molecule has 2 N–H and O–H groups in total. The van der Waals surface area contributed by atoms with Gasteiger partial charge in [-0.05, 0) is 18.5 Å². The van der Waals surface area contributed by atoms with Gasteiger partial charge in [-0.3, -0.25) is 0 Å². The van der Waals surface area contributed by atoms with Gasteiger partial charge in [0.2, 0.25) is 11.2 Å². The summed E-state index contributed by atoms with van der Waals surface area (Å²) in [4.78, 5) is 11.5. The van der Waals surface area contributed by atoms with Crippen molar-refractivity contribution in [3.8, 4) is 6.01 Å². The molecule has 0 aromatic carbocycles. The third kappa shape index (κ3) is 3.31. The molecule has 6 nitrogen and oxygen atoms in total. The quantitative estimate of drug-likeness (QED) is 0.741. The molecule has 1 aromatic heterocycles. The lowest BCUT2D eigenvalue weighted by Gasteiger charge is -2.04. The van der Waals surface area contributed by atoms with Crippen LogP contribution in [0.3, 0.4) is 0 Å². The first-order chi connectivity index (χ1) is 6.76. The van der Waals surface area contributed by atoms with Crippen molar-refractivity contribution in [3.05, 3.63) is 5.28 Å². The number of halogens is 1. The summed E-state index contributed by atoms with van der Waals surface area (Å²) in [7, 11) is 0. The summed E-state index contributed by atoms with van der Waals surface area (Å²) in [5.74, 6) is 0.362. The highest BCUT2D eigenvalue weighted by Gasteiger charge is 2.04. The van der Waals surface area contributed by atoms with Gasteiger partial charge in [-0.25, -0.2) is 0 Å². The van der Waals surface area contributed by atoms with Crippen molar-refractivity contribution in [3.63, 3.8) is 0 Å². The molecule has 0 bridgehead atoms. The average Bonchev–Trinajstić information content (AvgIpc) is 2.14. The first-order valence-corrected chi connectivity index (χ1v) is 4.53. The van der Waals surface area contributed by atoms with Crippen LogP contribution in [0.25, 0.3) is 0 Å². The Bertz CT molecular complexity index is 297. The van der Waals surface area contributed by atoms with Crippen LogP contribution in [0.1, 0.15) is 6.92 Å². The van der Waals surface area contributed by atoms with Gasteiger partial charge in [0.25, 0.3) is 0 Å². The predicted octanol–water partition coefficient (Wildman–Crippen LogP) is 0.328. The molecule has 0 aliphatic carbocycles. The maximum absolute atomic E-state index is 8.52. The Morgan fingerprint density at radius 3 is 2.86 bits per heavy atom. The molecule has 7 heteroatoms. The Morgan fingerprint density at radius 2 is 2.21 bits per heavy atom. The van der Waals surface area contributed by atoms with Crippen LogP contribution >= 0.6 is 11.6 Å². The van der Waals surface area contributed by atoms with Crippen molar-refractivity contribution in [2.45, 2.75) is 6.92 Å². The number of nitrogens with zero attached hydrogens (tertiary/aromatic N) is 3. The van der Waals surface area contributed by atoms with Crippen molar-refractivity contribution in [1.82, 2.24) is 15.0 Å². The zero-order valence-electron chi connectivity index (χ0n) is 7.70. The molecule has 1 rings (SSSR count). The molecule has 0 aliphatic rings. The number of nitrogens with one attached hydrogen (secondary N) is 1. The van der Waals surface area contributed by atoms with E-state index < -0.39 is 0 Å². The number of rotatable bonds is 5. The van der Waals surface area contributed by atoms with Gasteiger partial charge in [-0.1, -0.05) is 0 Å². The van der Waals surface area contributed by atoms with E-state index in [1.165, 1.54) is 0 Å². The summed E-state index contributed by atoms with van der Waals surface area (Å²) in [6.07, 6.45) is 0. The van der Waals surface area contributed by atoms with Crippen LogP contribution in [0.5, 0.6) is 6.01 Å². The first kappa shape index (κ1) is 10.9. The zero-order valence-corrected chi connectivity index (χ0v) is 8.45. The number of aromatic nitrogens is 3. The van der Waals surface area contributed by atoms with Crippen molar-refractivity contribution >= 4 is 17.5 Å². The van der Waals surface area contributed by atoms with E-state index >= 15 is 0 Å². The van der Waals surface area contributed by atoms with E-state index in [4.69, 9.17) is 21.4 Å². The number of ether oxygens (including phenoxy) is 1. The molecule has 1 aromatic rings. The van der Waals surface area contributed by atoms with Crippen LogP contribution in [0.15, 0.2) is 0 Å². The largest absolute Gasteiger partial charge is 0.461 e. The van der Waals surface area contributed by atoms with E-state index in [0.717, 1.165) is 0 Å². The number of aliphatic hydroxyl groups excluding tert-OH is 1. The van der Waals surface area contributed by atoms with Crippen molar-refractivity contribution < 1.29 is 9.84 Å². The molecule has 0 saturated heterocycles. The monoisotopic (exact) mass is 218 g/mol. The Kier molecular flexibility index (Phi) is 4.34. The molecule has 0 saturated carbocycles. The van der Waals surface area contributed by atoms with Crippen molar-refractivity contribution in [2.24, 2.45) is 0 Å². The maximum atomic E-state index is 8.52. The number of anilines is 1. The SMILES string of the molecule is CCNc1nc(Cl)nc(OCCO)n1. The molecular weight excluding hydrogens is 208 g/mol. The van der Waals surface area contributed by atoms with Gasteiger partial charge < -0.3 is 15.2 Å². The highest BCUT2D eigenvalue weighted by molar-refractivity contribution is 6.28. The number of hydrogen-bond donors (Lipinski definition) is 2. The highest BCUT2D eigenvalue weighted by Crippen LogP contribution is 2.10. The summed E-state index contributed by atoms with van der Waals surface area (Å²) >= 11 is 5.62. The molecule has 0 atom stereocenters. The molecule has 78 valence electrons. The van der Waals surface area contributed by atoms with E-state index in [9.17, 15) is 0 Å². The Labute approximate surface area is 86.3 Å². The van der Waals surface area contributed by atoms with Crippen LogP contribution in [-0.4, -0.2) is 39.8 Å². The van der Waals surface area contributed by atoms with Gasteiger partial charge in [0.15, 0.2) is 0 Å². The van der Waals surface area contributed by atoms with E-state index in [-0.39, 0.29) is 24.5 Å². The van der Waals surface area contributed by atoms with Gasteiger partial charge in [0.1, 0.15) is 6.61 Å². The second kappa shape index (κ2) is 5.56. The standard InChI is InChI=1S/C7H11ClN4O2/c1-2-9-6-10-5(8)11-7(12-6)14-4-3-13/h13H,2-4H2,1H3,(H,9,10,11,12). The molecule has 1 heterocycles. The third-order valence-electron chi connectivity index (χ3n) is 1.24. The van der Waals surface area contributed by atoms with Crippen molar-refractivity contribution in [1.29, 1.82) is 0 Å². The lowest BCUT2D eigenvalue weighted by atomic mass is 10.7. The third-order valence-corrected chi connectivity index (χ3v) is 1.41. The molecule has 0 radical (unpaired) electrons. The molecule has 0 unspecified atom stereocenters. The van der Waals surface area contributed by atoms with Gasteiger partial charge >= 0.3 is 6.01 Å². The average molecular weight is 219 g/mol. The molecule has 0 fully saturated rings. The van der Waals surface area contributed by atoms with Gasteiger partial charge in [0, 0.05) is 6.54 Å². The topological polar surface area (TPSA) is 80.2 Å². The van der Waals surface area contributed by atoms with E-state index in [0.29, 0.717) is 12.5 Å². The Balaban J connectivity index is 2.73. The van der Waals surface area contributed by atoms with Gasteiger partial charge in [-0.15, -0.1) is 0 Å². The maximum Gasteiger partial charge on any atom is 0.322 e. The van der Waals surface area contributed by atoms with Crippen LogP contribution in [0.4, 0.5) is 5.95 Å². The summed E-state index contributed by atoms with van der Waals surface area (Å²) in [5.41, 5.74) is 0. The smallest absolute Gasteiger partial charge is 0.322 e. The minimum Gasteiger partial charge on any atom is -0.461 e. The summed E-state index contributed by atoms with van der Waals surface area (Å²) in [6.45, 7) is 2.62. The molecule has 0 amide bonds. The number of hydrogen-bond acceptors (Lipinski definition) is 6. The van der Waals surface area contributed by atoms with Crippen LogP contribution in [0, 0.1) is 0 Å². The normalized spacial score (nSPS) is 9.93. The molecule has 0 aliphatic heterocycles. The lowest BCUT2D eigenvalue weighted by molar-refractivity contribution is 0.191. The minimum atomic E-state index is -0.0974. The molecule has 0 spiro atoms. The number of aliphatic hydroxyl groups is 1. The van der Waals surface area contributed by atoms with Crippen LogP contribution in [-0.2, 0) is 0 Å². The summed E-state index contributed by atoms with van der Waals surface area (Å²) in [6, 6.07) is 0.106. The minimum absolute atomic E-state index is 0.0592.